The highest BCUT2D eigenvalue weighted by atomic mass is 32.2. The monoisotopic (exact) mass is 362 g/mol. The maximum atomic E-state index is 12.4. The zero-order valence-electron chi connectivity index (χ0n) is 14.4. The number of carbonyl (C=O) groups excluding carboxylic acids is 1. The van der Waals surface area contributed by atoms with Crippen molar-refractivity contribution in [3.63, 3.8) is 0 Å². The Hall–Kier alpha value is -2.32. The molecule has 0 aromatic carbocycles. The number of pyridine rings is 2. The molecule has 0 aliphatic heterocycles. The molecule has 134 valence electrons. The predicted octanol–water partition coefficient (Wildman–Crippen LogP) is 0.939. The van der Waals surface area contributed by atoms with Gasteiger partial charge in [-0.05, 0) is 36.2 Å². The molecule has 0 N–H and O–H groups in total. The summed E-state index contributed by atoms with van der Waals surface area (Å²) in [5.41, 5.74) is 1.67. The van der Waals surface area contributed by atoms with Crippen LogP contribution in [0.2, 0.25) is 0 Å². The molecule has 8 heteroatoms. The molecule has 0 spiro atoms. The quantitative estimate of drug-likeness (QED) is 0.698. The molecule has 2 aromatic rings. The van der Waals surface area contributed by atoms with Gasteiger partial charge in [0.1, 0.15) is 0 Å². The largest absolute Gasteiger partial charge is 0.344 e. The first kappa shape index (κ1) is 19.0. The van der Waals surface area contributed by atoms with E-state index in [9.17, 15) is 13.2 Å². The first-order valence-corrected chi connectivity index (χ1v) is 9.69. The molecule has 0 aliphatic rings. The highest BCUT2D eigenvalue weighted by Crippen LogP contribution is 2.07. The Labute approximate surface area is 148 Å². The molecule has 0 saturated carbocycles. The van der Waals surface area contributed by atoms with Crippen LogP contribution in [-0.2, 0) is 27.8 Å². The molecule has 0 unspecified atom stereocenters. The third kappa shape index (κ3) is 6.24. The van der Waals surface area contributed by atoms with Crippen molar-refractivity contribution in [3.8, 4) is 0 Å². The van der Waals surface area contributed by atoms with Gasteiger partial charge in [-0.2, -0.15) is 4.31 Å². The summed E-state index contributed by atoms with van der Waals surface area (Å²) in [6, 6.07) is 9.05. The molecule has 0 saturated heterocycles. The van der Waals surface area contributed by atoms with Gasteiger partial charge >= 0.3 is 0 Å². The van der Waals surface area contributed by atoms with E-state index in [1.54, 1.807) is 43.8 Å². The lowest BCUT2D eigenvalue weighted by molar-refractivity contribution is -0.130. The number of sulfonamides is 1. The van der Waals surface area contributed by atoms with E-state index in [4.69, 9.17) is 0 Å². The van der Waals surface area contributed by atoms with Crippen LogP contribution in [0.15, 0.2) is 48.9 Å². The molecular formula is C17H22N4O3S. The number of carbonyl (C=O) groups is 1. The van der Waals surface area contributed by atoms with Crippen LogP contribution in [0.1, 0.15) is 11.3 Å². The van der Waals surface area contributed by atoms with E-state index in [1.807, 2.05) is 12.1 Å². The second-order valence-corrected chi connectivity index (χ2v) is 7.76. The lowest BCUT2D eigenvalue weighted by Crippen LogP contribution is -2.41. The van der Waals surface area contributed by atoms with Crippen LogP contribution in [-0.4, -0.2) is 59.9 Å². The summed E-state index contributed by atoms with van der Waals surface area (Å²) in [6.45, 7) is 0.371. The van der Waals surface area contributed by atoms with E-state index in [0.29, 0.717) is 18.7 Å². The molecule has 0 aliphatic carbocycles. The van der Waals surface area contributed by atoms with Crippen molar-refractivity contribution in [2.75, 3.05) is 26.4 Å². The molecule has 0 radical (unpaired) electrons. The number of nitrogens with zero attached hydrogens (tertiary/aromatic N) is 4. The predicted molar refractivity (Wildman–Crippen MR) is 95.1 cm³/mol. The van der Waals surface area contributed by atoms with E-state index < -0.39 is 10.0 Å². The molecule has 1 amide bonds. The van der Waals surface area contributed by atoms with E-state index in [2.05, 4.69) is 9.97 Å². The maximum absolute atomic E-state index is 12.4. The number of likely N-dealkylation sites (N-methyl/N-ethyl adjacent to an activating group) is 1. The van der Waals surface area contributed by atoms with Crippen molar-refractivity contribution in [2.24, 2.45) is 0 Å². The lowest BCUT2D eigenvalue weighted by Gasteiger charge is -2.23. The molecule has 0 atom stereocenters. The summed E-state index contributed by atoms with van der Waals surface area (Å²) in [5, 5.41) is 0. The Morgan fingerprint density at radius 2 is 1.84 bits per heavy atom. The summed E-state index contributed by atoms with van der Waals surface area (Å²) >= 11 is 0. The minimum absolute atomic E-state index is 0.0730. The average molecular weight is 362 g/mol. The van der Waals surface area contributed by atoms with E-state index >= 15 is 0 Å². The van der Waals surface area contributed by atoms with Crippen LogP contribution in [0.5, 0.6) is 0 Å². The molecule has 0 bridgehead atoms. The third-order valence-electron chi connectivity index (χ3n) is 3.76. The van der Waals surface area contributed by atoms with Crippen molar-refractivity contribution in [1.29, 1.82) is 0 Å². The van der Waals surface area contributed by atoms with E-state index in [0.717, 1.165) is 16.1 Å². The second-order valence-electron chi connectivity index (χ2n) is 5.77. The van der Waals surface area contributed by atoms with E-state index in [1.165, 1.54) is 4.90 Å². The van der Waals surface area contributed by atoms with E-state index in [-0.39, 0.29) is 19.0 Å². The Morgan fingerprint density at radius 1 is 1.12 bits per heavy atom. The van der Waals surface area contributed by atoms with Gasteiger partial charge in [-0.3, -0.25) is 14.8 Å². The number of rotatable bonds is 8. The van der Waals surface area contributed by atoms with Crippen LogP contribution in [0.3, 0.4) is 0 Å². The minimum Gasteiger partial charge on any atom is -0.344 e. The zero-order chi connectivity index (χ0) is 18.3. The maximum Gasteiger partial charge on any atom is 0.237 e. The standard InChI is InChI=1S/C17H22N4O3S/c1-20(12-8-15-6-10-18-11-7-15)17(22)14-21(25(2,23)24)13-16-5-3-4-9-19-16/h3-7,9-11H,8,12-14H2,1-2H3. The first-order chi connectivity index (χ1) is 11.9. The normalized spacial score (nSPS) is 11.5. The summed E-state index contributed by atoms with van der Waals surface area (Å²) in [4.78, 5) is 22.0. The van der Waals surface area contributed by atoms with Crippen LogP contribution in [0.4, 0.5) is 0 Å². The van der Waals surface area contributed by atoms with Gasteiger partial charge in [0.25, 0.3) is 0 Å². The van der Waals surface area contributed by atoms with Crippen molar-refractivity contribution >= 4 is 15.9 Å². The Balaban J connectivity index is 1.96. The fraction of sp³-hybridized carbons (Fsp3) is 0.353. The first-order valence-electron chi connectivity index (χ1n) is 7.84. The highest BCUT2D eigenvalue weighted by molar-refractivity contribution is 7.88. The molecule has 2 aromatic heterocycles. The molecule has 25 heavy (non-hydrogen) atoms. The molecule has 2 heterocycles. The minimum atomic E-state index is -3.52. The smallest absolute Gasteiger partial charge is 0.237 e. The Kier molecular flexibility index (Phi) is 6.60. The fourth-order valence-corrected chi connectivity index (χ4v) is 2.92. The molecule has 0 fully saturated rings. The van der Waals surface area contributed by atoms with Crippen molar-refractivity contribution < 1.29 is 13.2 Å². The number of amides is 1. The number of aromatic nitrogens is 2. The van der Waals surface area contributed by atoms with Crippen LogP contribution in [0.25, 0.3) is 0 Å². The molecule has 7 nitrogen and oxygen atoms in total. The molecular weight excluding hydrogens is 340 g/mol. The summed E-state index contributed by atoms with van der Waals surface area (Å²) in [7, 11) is -1.85. The van der Waals surface area contributed by atoms with Gasteiger partial charge in [-0.25, -0.2) is 8.42 Å². The average Bonchev–Trinajstić information content (AvgIpc) is 2.60. The number of hydrogen-bond donors (Lipinski definition) is 0. The van der Waals surface area contributed by atoms with Gasteiger partial charge in [0, 0.05) is 32.2 Å². The summed E-state index contributed by atoms with van der Waals surface area (Å²) in [6.07, 6.45) is 6.79. The van der Waals surface area contributed by atoms with Gasteiger partial charge < -0.3 is 4.90 Å². The SMILES string of the molecule is CN(CCc1ccncc1)C(=O)CN(Cc1ccccn1)S(C)(=O)=O. The summed E-state index contributed by atoms with van der Waals surface area (Å²) in [5.74, 6) is -0.254. The van der Waals surface area contributed by atoms with Crippen molar-refractivity contribution in [2.45, 2.75) is 13.0 Å². The number of hydrogen-bond acceptors (Lipinski definition) is 5. The zero-order valence-corrected chi connectivity index (χ0v) is 15.2. The van der Waals surface area contributed by atoms with Gasteiger partial charge in [0.15, 0.2) is 0 Å². The van der Waals surface area contributed by atoms with Gasteiger partial charge in [-0.1, -0.05) is 6.07 Å². The fourth-order valence-electron chi connectivity index (χ4n) is 2.21. The van der Waals surface area contributed by atoms with Crippen LogP contribution >= 0.6 is 0 Å². The topological polar surface area (TPSA) is 83.5 Å². The van der Waals surface area contributed by atoms with Crippen molar-refractivity contribution in [1.82, 2.24) is 19.2 Å². The third-order valence-corrected chi connectivity index (χ3v) is 4.95. The second kappa shape index (κ2) is 8.68. The highest BCUT2D eigenvalue weighted by Gasteiger charge is 2.22. The van der Waals surface area contributed by atoms with Gasteiger partial charge in [-0.15, -0.1) is 0 Å². The Bertz CT molecular complexity index is 782. The summed E-state index contributed by atoms with van der Waals surface area (Å²) < 4.78 is 25.1. The van der Waals surface area contributed by atoms with Crippen LogP contribution < -0.4 is 0 Å². The van der Waals surface area contributed by atoms with Gasteiger partial charge in [0.05, 0.1) is 25.0 Å². The van der Waals surface area contributed by atoms with Crippen LogP contribution in [0, 0.1) is 0 Å². The van der Waals surface area contributed by atoms with Gasteiger partial charge in [0.2, 0.25) is 15.9 Å². The molecule has 2 rings (SSSR count). The lowest BCUT2D eigenvalue weighted by atomic mass is 10.2. The Morgan fingerprint density at radius 3 is 2.44 bits per heavy atom. The van der Waals surface area contributed by atoms with Crippen molar-refractivity contribution in [3.05, 3.63) is 60.2 Å².